The summed E-state index contributed by atoms with van der Waals surface area (Å²) in [6, 6.07) is 13.6. The quantitative estimate of drug-likeness (QED) is 0.372. The molecule has 2 aliphatic rings. The number of fused-ring (bicyclic) bond motifs is 1. The average molecular weight is 599 g/mol. The molecule has 0 radical (unpaired) electrons. The summed E-state index contributed by atoms with van der Waals surface area (Å²) in [5.74, 6) is -2.56. The summed E-state index contributed by atoms with van der Waals surface area (Å²) in [7, 11) is 1.52. The Labute approximate surface area is 235 Å². The van der Waals surface area contributed by atoms with Gasteiger partial charge in [0.15, 0.2) is 0 Å². The first-order valence-corrected chi connectivity index (χ1v) is 12.3. The molecule has 1 saturated heterocycles. The number of carboxylic acid groups (broad SMARTS) is 1. The van der Waals surface area contributed by atoms with E-state index in [9.17, 15) is 31.1 Å². The van der Waals surface area contributed by atoms with E-state index in [1.54, 1.807) is 30.3 Å². The number of carbonyl (C=O) groups excluding carboxylic acids is 1. The van der Waals surface area contributed by atoms with E-state index in [-0.39, 0.29) is 18.1 Å². The van der Waals surface area contributed by atoms with Gasteiger partial charge in [-0.1, -0.05) is 18.2 Å². The van der Waals surface area contributed by atoms with Gasteiger partial charge in [-0.25, -0.2) is 9.78 Å². The van der Waals surface area contributed by atoms with Crippen molar-refractivity contribution in [2.75, 3.05) is 48.5 Å². The van der Waals surface area contributed by atoms with E-state index >= 15 is 0 Å². The predicted octanol–water partition coefficient (Wildman–Crippen LogP) is 5.48. The summed E-state index contributed by atoms with van der Waals surface area (Å²) >= 11 is 0. The van der Waals surface area contributed by atoms with E-state index in [1.807, 2.05) is 12.1 Å². The number of alkyl halides is 6. The van der Waals surface area contributed by atoms with Crippen LogP contribution in [0.4, 0.5) is 49.2 Å². The SMILES string of the molecule is COc1cc(N2CCOCC2)ccc1Nc1cc(N2Cc3ccccc3C2=O)c(C(F)(F)F)cn1.O=C(O)C(F)(F)F. The van der Waals surface area contributed by atoms with E-state index in [0.29, 0.717) is 35.8 Å². The smallest absolute Gasteiger partial charge is 0.490 e. The number of hydrogen-bond donors (Lipinski definition) is 2. The first kappa shape index (κ1) is 30.4. The van der Waals surface area contributed by atoms with Gasteiger partial charge in [-0.05, 0) is 23.8 Å². The lowest BCUT2D eigenvalue weighted by Gasteiger charge is -2.29. The average Bonchev–Trinajstić information content (AvgIpc) is 3.29. The Morgan fingerprint density at radius 2 is 1.71 bits per heavy atom. The molecule has 2 N–H and O–H groups in total. The number of aromatic nitrogens is 1. The highest BCUT2D eigenvalue weighted by atomic mass is 19.4. The third-order valence-electron chi connectivity index (χ3n) is 6.37. The van der Waals surface area contributed by atoms with Crippen LogP contribution in [0.25, 0.3) is 0 Å². The number of ether oxygens (including phenoxy) is 2. The molecular weight excluding hydrogens is 574 g/mol. The number of aliphatic carboxylic acids is 1. The van der Waals surface area contributed by atoms with Crippen molar-refractivity contribution in [1.82, 2.24) is 4.98 Å². The zero-order valence-electron chi connectivity index (χ0n) is 21.9. The highest BCUT2D eigenvalue weighted by Gasteiger charge is 2.39. The number of nitrogens with zero attached hydrogens (tertiary/aromatic N) is 3. The standard InChI is InChI=1S/C25H23F3N4O3.C2HF3O2/c1-34-22-12-17(31-8-10-35-11-9-31)6-7-20(22)30-23-13-21(19(14-29-23)25(26,27)28)32-15-16-4-2-3-5-18(16)24(32)33;3-2(4,5)1(6)7/h2-7,12-14H,8-11,15H2,1H3,(H,29,30);(H,6,7). The Morgan fingerprint density at radius 1 is 1.05 bits per heavy atom. The van der Waals surface area contributed by atoms with Crippen molar-refractivity contribution in [2.24, 2.45) is 0 Å². The first-order chi connectivity index (χ1) is 19.8. The molecule has 0 saturated carbocycles. The molecule has 2 aromatic carbocycles. The van der Waals surface area contributed by atoms with Crippen molar-refractivity contribution >= 4 is 34.8 Å². The number of carboxylic acids is 1. The van der Waals surface area contributed by atoms with Gasteiger partial charge >= 0.3 is 18.3 Å². The number of benzene rings is 2. The molecule has 1 amide bonds. The second kappa shape index (κ2) is 12.1. The Balaban J connectivity index is 0.000000517. The molecule has 1 fully saturated rings. The Hall–Kier alpha value is -4.53. The maximum absolute atomic E-state index is 13.8. The number of rotatable bonds is 5. The van der Waals surface area contributed by atoms with Crippen LogP contribution < -0.4 is 19.9 Å². The minimum absolute atomic E-state index is 0.0547. The Kier molecular flexibility index (Phi) is 8.80. The van der Waals surface area contributed by atoms with E-state index < -0.39 is 29.8 Å². The molecule has 224 valence electrons. The summed E-state index contributed by atoms with van der Waals surface area (Å²) < 4.78 is 84.1. The number of methoxy groups -OCH3 is 1. The molecule has 0 bridgehead atoms. The normalized spacial score (nSPS) is 15.1. The summed E-state index contributed by atoms with van der Waals surface area (Å²) in [6.07, 6.45) is -9.00. The summed E-state index contributed by atoms with van der Waals surface area (Å²) in [6.45, 7) is 2.84. The van der Waals surface area contributed by atoms with Gasteiger partial charge in [0.25, 0.3) is 5.91 Å². The number of anilines is 4. The first-order valence-electron chi connectivity index (χ1n) is 12.3. The van der Waals surface area contributed by atoms with Crippen molar-refractivity contribution in [3.63, 3.8) is 0 Å². The van der Waals surface area contributed by atoms with Crippen LogP contribution in [-0.2, 0) is 22.3 Å². The van der Waals surface area contributed by atoms with Crippen LogP contribution >= 0.6 is 0 Å². The predicted molar refractivity (Wildman–Crippen MR) is 139 cm³/mol. The minimum atomic E-state index is -5.08. The third-order valence-corrected chi connectivity index (χ3v) is 6.37. The molecule has 42 heavy (non-hydrogen) atoms. The lowest BCUT2D eigenvalue weighted by Crippen LogP contribution is -2.36. The lowest BCUT2D eigenvalue weighted by atomic mass is 10.1. The van der Waals surface area contributed by atoms with E-state index in [2.05, 4.69) is 15.2 Å². The van der Waals surface area contributed by atoms with Crippen LogP contribution in [-0.4, -0.2) is 61.6 Å². The van der Waals surface area contributed by atoms with Crippen LogP contribution in [0.2, 0.25) is 0 Å². The van der Waals surface area contributed by atoms with Crippen LogP contribution in [0.5, 0.6) is 5.75 Å². The van der Waals surface area contributed by atoms with Crippen molar-refractivity contribution in [2.45, 2.75) is 18.9 Å². The Morgan fingerprint density at radius 3 is 2.31 bits per heavy atom. The molecule has 0 unspecified atom stereocenters. The van der Waals surface area contributed by atoms with Gasteiger partial charge in [0.05, 0.1) is 43.8 Å². The maximum Gasteiger partial charge on any atom is 0.490 e. The molecule has 0 aliphatic carbocycles. The van der Waals surface area contributed by atoms with Crippen LogP contribution in [0, 0.1) is 0 Å². The molecule has 0 atom stereocenters. The van der Waals surface area contributed by atoms with Gasteiger partial charge in [0, 0.05) is 42.7 Å². The number of amides is 1. The topological polar surface area (TPSA) is 104 Å². The number of carbonyl (C=O) groups is 2. The highest BCUT2D eigenvalue weighted by molar-refractivity contribution is 6.10. The van der Waals surface area contributed by atoms with Gasteiger partial charge in [0.1, 0.15) is 11.6 Å². The second-order valence-electron chi connectivity index (χ2n) is 9.04. The summed E-state index contributed by atoms with van der Waals surface area (Å²) in [5.41, 5.74) is 1.35. The van der Waals surface area contributed by atoms with Crippen LogP contribution in [0.15, 0.2) is 54.7 Å². The van der Waals surface area contributed by atoms with Crippen molar-refractivity contribution < 1.29 is 50.5 Å². The molecule has 3 aromatic rings. The van der Waals surface area contributed by atoms with E-state index in [4.69, 9.17) is 19.4 Å². The lowest BCUT2D eigenvalue weighted by molar-refractivity contribution is -0.192. The summed E-state index contributed by atoms with van der Waals surface area (Å²) in [5, 5.41) is 10.2. The summed E-state index contributed by atoms with van der Waals surface area (Å²) in [4.78, 5) is 29.1. The van der Waals surface area contributed by atoms with Crippen LogP contribution in [0.3, 0.4) is 0 Å². The second-order valence-corrected chi connectivity index (χ2v) is 9.04. The monoisotopic (exact) mass is 598 g/mol. The fraction of sp³-hybridized carbons (Fsp3) is 0.296. The zero-order valence-corrected chi connectivity index (χ0v) is 21.9. The number of halogens is 6. The van der Waals surface area contributed by atoms with E-state index in [0.717, 1.165) is 29.9 Å². The third kappa shape index (κ3) is 6.84. The molecule has 1 aromatic heterocycles. The van der Waals surface area contributed by atoms with Gasteiger partial charge in [0.2, 0.25) is 0 Å². The fourth-order valence-corrected chi connectivity index (χ4v) is 4.34. The molecule has 15 heteroatoms. The van der Waals surface area contributed by atoms with E-state index in [1.165, 1.54) is 13.2 Å². The molecule has 2 aliphatic heterocycles. The van der Waals surface area contributed by atoms with Crippen LogP contribution in [0.1, 0.15) is 21.5 Å². The zero-order chi connectivity index (χ0) is 30.7. The highest BCUT2D eigenvalue weighted by Crippen LogP contribution is 2.41. The minimum Gasteiger partial charge on any atom is -0.494 e. The maximum atomic E-state index is 13.8. The Bertz CT molecular complexity index is 1460. The van der Waals surface area contributed by atoms with Crippen molar-refractivity contribution in [3.05, 3.63) is 71.4 Å². The molecule has 5 rings (SSSR count). The fourth-order valence-electron chi connectivity index (χ4n) is 4.34. The number of nitrogens with one attached hydrogen (secondary N) is 1. The molecule has 9 nitrogen and oxygen atoms in total. The molecular formula is C27H24F6N4O5. The van der Waals surface area contributed by atoms with Crippen molar-refractivity contribution in [1.29, 1.82) is 0 Å². The van der Waals surface area contributed by atoms with Gasteiger partial charge < -0.3 is 29.7 Å². The van der Waals surface area contributed by atoms with Gasteiger partial charge in [-0.3, -0.25) is 4.79 Å². The van der Waals surface area contributed by atoms with Gasteiger partial charge in [-0.15, -0.1) is 0 Å². The number of morpholine rings is 1. The number of pyridine rings is 1. The largest absolute Gasteiger partial charge is 0.494 e. The molecule has 3 heterocycles. The number of hydrogen-bond acceptors (Lipinski definition) is 7. The van der Waals surface area contributed by atoms with Gasteiger partial charge in [-0.2, -0.15) is 26.3 Å². The van der Waals surface area contributed by atoms with Crippen molar-refractivity contribution in [3.8, 4) is 5.75 Å². The molecule has 0 spiro atoms.